The van der Waals surface area contributed by atoms with Gasteiger partial charge in [-0.1, -0.05) is 35.3 Å². The summed E-state index contributed by atoms with van der Waals surface area (Å²) in [6.45, 7) is 5.05. The van der Waals surface area contributed by atoms with Gasteiger partial charge in [-0.15, -0.1) is 0 Å². The lowest BCUT2D eigenvalue weighted by Gasteiger charge is -2.32. The predicted octanol–water partition coefficient (Wildman–Crippen LogP) is 4.47. The fourth-order valence-corrected chi connectivity index (χ4v) is 3.49. The Morgan fingerprint density at radius 3 is 2.73 bits per heavy atom. The molecule has 0 amide bonds. The zero-order chi connectivity index (χ0) is 15.5. The average Bonchev–Trinajstić information content (AvgIpc) is 2.53. The third kappa shape index (κ3) is 3.43. The summed E-state index contributed by atoms with van der Waals surface area (Å²) < 4.78 is 0. The first kappa shape index (κ1) is 15.7. The van der Waals surface area contributed by atoms with Gasteiger partial charge in [-0.3, -0.25) is 4.90 Å². The van der Waals surface area contributed by atoms with Crippen molar-refractivity contribution in [1.82, 2.24) is 14.9 Å². The molecule has 0 radical (unpaired) electrons. The minimum Gasteiger partial charge on any atom is -0.299 e. The number of rotatable bonds is 3. The molecule has 1 saturated heterocycles. The minimum atomic E-state index is 0.536. The van der Waals surface area contributed by atoms with Gasteiger partial charge in [0.1, 0.15) is 6.33 Å². The Bertz CT molecular complexity index is 652. The highest BCUT2D eigenvalue weighted by molar-refractivity contribution is 6.42. The molecule has 0 bridgehead atoms. The average molecular weight is 336 g/mol. The van der Waals surface area contributed by atoms with Crippen LogP contribution in [-0.4, -0.2) is 28.0 Å². The van der Waals surface area contributed by atoms with Gasteiger partial charge in [-0.25, -0.2) is 9.97 Å². The number of nitrogens with zero attached hydrogens (tertiary/aromatic N) is 3. The van der Waals surface area contributed by atoms with Crippen molar-refractivity contribution >= 4 is 23.2 Å². The third-order valence-corrected chi connectivity index (χ3v) is 5.19. The molecule has 3 rings (SSSR count). The van der Waals surface area contributed by atoms with E-state index in [-0.39, 0.29) is 0 Å². The predicted molar refractivity (Wildman–Crippen MR) is 90.5 cm³/mol. The quantitative estimate of drug-likeness (QED) is 0.828. The first-order valence-corrected chi connectivity index (χ1v) is 8.32. The van der Waals surface area contributed by atoms with Gasteiger partial charge in [0, 0.05) is 24.4 Å². The van der Waals surface area contributed by atoms with Crippen LogP contribution < -0.4 is 0 Å². The molecule has 1 fully saturated rings. The second-order valence-electron chi connectivity index (χ2n) is 5.85. The molecule has 22 heavy (non-hydrogen) atoms. The largest absolute Gasteiger partial charge is 0.299 e. The van der Waals surface area contributed by atoms with E-state index in [0.717, 1.165) is 38.0 Å². The second-order valence-corrected chi connectivity index (χ2v) is 6.64. The zero-order valence-corrected chi connectivity index (χ0v) is 14.1. The molecule has 0 aliphatic carbocycles. The number of likely N-dealkylation sites (tertiary alicyclic amines) is 1. The van der Waals surface area contributed by atoms with Crippen LogP contribution >= 0.6 is 23.2 Å². The highest BCUT2D eigenvalue weighted by Gasteiger charge is 2.23. The van der Waals surface area contributed by atoms with Crippen molar-refractivity contribution in [3.8, 4) is 0 Å². The van der Waals surface area contributed by atoms with Crippen molar-refractivity contribution in [1.29, 1.82) is 0 Å². The van der Waals surface area contributed by atoms with Gasteiger partial charge >= 0.3 is 0 Å². The third-order valence-electron chi connectivity index (χ3n) is 4.34. The number of aryl methyl sites for hydroxylation is 1. The van der Waals surface area contributed by atoms with Crippen LogP contribution in [0.3, 0.4) is 0 Å². The summed E-state index contributed by atoms with van der Waals surface area (Å²) in [7, 11) is 0. The summed E-state index contributed by atoms with van der Waals surface area (Å²) in [6.07, 6.45) is 5.80. The van der Waals surface area contributed by atoms with Crippen LogP contribution in [0.2, 0.25) is 10.0 Å². The van der Waals surface area contributed by atoms with Crippen LogP contribution in [0.5, 0.6) is 0 Å². The number of halogens is 2. The molecule has 1 aliphatic rings. The van der Waals surface area contributed by atoms with E-state index < -0.39 is 0 Å². The molecule has 0 N–H and O–H groups in total. The van der Waals surface area contributed by atoms with Crippen molar-refractivity contribution in [3.63, 3.8) is 0 Å². The fraction of sp³-hybridized carbons (Fsp3) is 0.412. The normalized spacial score (nSPS) is 16.9. The summed E-state index contributed by atoms with van der Waals surface area (Å²) in [4.78, 5) is 11.0. The second kappa shape index (κ2) is 6.95. The van der Waals surface area contributed by atoms with Crippen molar-refractivity contribution in [2.75, 3.05) is 13.1 Å². The zero-order valence-electron chi connectivity index (χ0n) is 12.6. The van der Waals surface area contributed by atoms with E-state index >= 15 is 0 Å². The number of hydrogen-bond acceptors (Lipinski definition) is 3. The standard InChI is InChI=1S/C17H19Cl2N3/c1-12-9-20-11-21-17(12)13-5-7-22(8-6-13)10-14-3-2-4-15(18)16(14)19/h2-4,9,11,13H,5-8,10H2,1H3. The van der Waals surface area contributed by atoms with Crippen LogP contribution in [0, 0.1) is 6.92 Å². The van der Waals surface area contributed by atoms with E-state index in [1.165, 1.54) is 11.3 Å². The topological polar surface area (TPSA) is 29.0 Å². The van der Waals surface area contributed by atoms with Gasteiger partial charge in [0.2, 0.25) is 0 Å². The van der Waals surface area contributed by atoms with E-state index in [1.54, 1.807) is 6.33 Å². The molecule has 0 unspecified atom stereocenters. The molecule has 116 valence electrons. The van der Waals surface area contributed by atoms with E-state index in [9.17, 15) is 0 Å². The Kier molecular flexibility index (Phi) is 4.97. The monoisotopic (exact) mass is 335 g/mol. The van der Waals surface area contributed by atoms with Crippen molar-refractivity contribution in [3.05, 3.63) is 57.6 Å². The Hall–Kier alpha value is -1.16. The Morgan fingerprint density at radius 2 is 2.00 bits per heavy atom. The Labute approximate surface area is 141 Å². The Morgan fingerprint density at radius 1 is 1.23 bits per heavy atom. The number of piperidine rings is 1. The number of hydrogen-bond donors (Lipinski definition) is 0. The van der Waals surface area contributed by atoms with Crippen LogP contribution in [0.1, 0.15) is 35.6 Å². The molecular formula is C17H19Cl2N3. The van der Waals surface area contributed by atoms with E-state index in [4.69, 9.17) is 23.2 Å². The van der Waals surface area contributed by atoms with Crippen LogP contribution in [0.25, 0.3) is 0 Å². The SMILES string of the molecule is Cc1cncnc1C1CCN(Cc2cccc(Cl)c2Cl)CC1. The highest BCUT2D eigenvalue weighted by Crippen LogP contribution is 2.31. The maximum Gasteiger partial charge on any atom is 0.115 e. The lowest BCUT2D eigenvalue weighted by Crippen LogP contribution is -2.33. The summed E-state index contributed by atoms with van der Waals surface area (Å²) in [5.74, 6) is 0.536. The van der Waals surface area contributed by atoms with Gasteiger partial charge in [0.25, 0.3) is 0 Å². The molecule has 1 aromatic heterocycles. The first-order valence-electron chi connectivity index (χ1n) is 7.57. The van der Waals surface area contributed by atoms with Gasteiger partial charge < -0.3 is 0 Å². The smallest absolute Gasteiger partial charge is 0.115 e. The van der Waals surface area contributed by atoms with E-state index in [0.29, 0.717) is 16.0 Å². The highest BCUT2D eigenvalue weighted by atomic mass is 35.5. The molecule has 0 spiro atoms. The summed E-state index contributed by atoms with van der Waals surface area (Å²) in [5.41, 5.74) is 3.50. The van der Waals surface area contributed by atoms with Crippen molar-refractivity contribution in [2.45, 2.75) is 32.2 Å². The minimum absolute atomic E-state index is 0.536. The molecule has 0 saturated carbocycles. The van der Waals surface area contributed by atoms with Gasteiger partial charge in [-0.2, -0.15) is 0 Å². The van der Waals surface area contributed by atoms with Crippen LogP contribution in [0.4, 0.5) is 0 Å². The molecule has 2 heterocycles. The molecule has 5 heteroatoms. The van der Waals surface area contributed by atoms with Crippen molar-refractivity contribution in [2.24, 2.45) is 0 Å². The molecule has 1 aromatic carbocycles. The van der Waals surface area contributed by atoms with Crippen molar-refractivity contribution < 1.29 is 0 Å². The van der Waals surface area contributed by atoms with Crippen LogP contribution in [-0.2, 0) is 6.54 Å². The molecule has 0 atom stereocenters. The molecular weight excluding hydrogens is 317 g/mol. The maximum absolute atomic E-state index is 6.28. The molecule has 2 aromatic rings. The van der Waals surface area contributed by atoms with Gasteiger partial charge in [0.05, 0.1) is 10.0 Å². The maximum atomic E-state index is 6.28. The summed E-state index contributed by atoms with van der Waals surface area (Å²) in [5, 5.41) is 1.31. The molecule has 1 aliphatic heterocycles. The van der Waals surface area contributed by atoms with E-state index in [1.807, 2.05) is 18.3 Å². The van der Waals surface area contributed by atoms with Crippen LogP contribution in [0.15, 0.2) is 30.7 Å². The number of benzene rings is 1. The van der Waals surface area contributed by atoms with Gasteiger partial charge in [-0.05, 0) is 50.0 Å². The lowest BCUT2D eigenvalue weighted by atomic mass is 9.91. The van der Waals surface area contributed by atoms with Gasteiger partial charge in [0.15, 0.2) is 0 Å². The number of aromatic nitrogens is 2. The fourth-order valence-electron chi connectivity index (χ4n) is 3.11. The molecule has 3 nitrogen and oxygen atoms in total. The Balaban J connectivity index is 1.63. The summed E-state index contributed by atoms with van der Waals surface area (Å²) >= 11 is 12.4. The summed E-state index contributed by atoms with van der Waals surface area (Å²) in [6, 6.07) is 5.84. The lowest BCUT2D eigenvalue weighted by molar-refractivity contribution is 0.203. The first-order chi connectivity index (χ1) is 10.6. The van der Waals surface area contributed by atoms with E-state index in [2.05, 4.69) is 27.9 Å².